The maximum Gasteiger partial charge on any atom is 0.0837 e. The lowest BCUT2D eigenvalue weighted by Gasteiger charge is -2.27. The van der Waals surface area contributed by atoms with Crippen LogP contribution in [0, 0.1) is 45.3 Å². The molecule has 0 aromatic heterocycles. The van der Waals surface area contributed by atoms with Crippen LogP contribution < -0.4 is 0 Å². The van der Waals surface area contributed by atoms with Crippen LogP contribution in [-0.2, 0) is 9.47 Å². The molecule has 2 atom stereocenters. The van der Waals surface area contributed by atoms with Gasteiger partial charge in [0.05, 0.1) is 62.5 Å². The van der Waals surface area contributed by atoms with Gasteiger partial charge in [0, 0.05) is 12.8 Å². The van der Waals surface area contributed by atoms with Crippen molar-refractivity contribution in [2.45, 2.75) is 76.4 Å². The number of nitriles is 4. The van der Waals surface area contributed by atoms with Crippen LogP contribution in [-0.4, -0.2) is 25.4 Å². The quantitative estimate of drug-likeness (QED) is 0.422. The van der Waals surface area contributed by atoms with Gasteiger partial charge in [-0.25, -0.2) is 0 Å². The molecule has 24 heavy (non-hydrogen) atoms. The summed E-state index contributed by atoms with van der Waals surface area (Å²) in [6, 6.07) is 8.39. The third kappa shape index (κ3) is 12.4. The standard InChI is InChI=1S/C18H26N4O2/c19-11-5-1-3-9-17(23-15-7-13-21)18(24-16-8-14-22)10-4-2-6-12-20/h17-18H,1-10,15-16H2. The third-order valence-corrected chi connectivity index (χ3v) is 3.56. The average Bonchev–Trinajstić information content (AvgIpc) is 2.59. The summed E-state index contributed by atoms with van der Waals surface area (Å²) in [5, 5.41) is 34.6. The normalized spacial score (nSPS) is 12.3. The second kappa shape index (κ2) is 17.2. The van der Waals surface area contributed by atoms with E-state index in [1.165, 1.54) is 0 Å². The zero-order valence-corrected chi connectivity index (χ0v) is 14.2. The van der Waals surface area contributed by atoms with Crippen molar-refractivity contribution in [1.29, 1.82) is 21.0 Å². The van der Waals surface area contributed by atoms with Crippen molar-refractivity contribution in [2.24, 2.45) is 0 Å². The Morgan fingerprint density at radius 2 is 0.917 bits per heavy atom. The Morgan fingerprint density at radius 3 is 1.25 bits per heavy atom. The molecular weight excluding hydrogens is 304 g/mol. The second-order valence-corrected chi connectivity index (χ2v) is 5.44. The molecule has 0 bridgehead atoms. The molecule has 6 nitrogen and oxygen atoms in total. The first-order chi connectivity index (χ1) is 11.8. The fourth-order valence-corrected chi connectivity index (χ4v) is 2.36. The first kappa shape index (κ1) is 21.9. The minimum absolute atomic E-state index is 0.141. The maximum atomic E-state index is 8.67. The summed E-state index contributed by atoms with van der Waals surface area (Å²) in [4.78, 5) is 0. The van der Waals surface area contributed by atoms with Crippen LogP contribution in [0.1, 0.15) is 64.2 Å². The lowest BCUT2D eigenvalue weighted by molar-refractivity contribution is -0.0786. The fraction of sp³-hybridized carbons (Fsp3) is 0.778. The Kier molecular flexibility index (Phi) is 15.7. The number of unbranched alkanes of at least 4 members (excludes halogenated alkanes) is 4. The number of hydrogen-bond donors (Lipinski definition) is 0. The van der Waals surface area contributed by atoms with Crippen LogP contribution in [0.15, 0.2) is 0 Å². The van der Waals surface area contributed by atoms with Crippen molar-refractivity contribution in [3.05, 3.63) is 0 Å². The fourth-order valence-electron chi connectivity index (χ4n) is 2.36. The highest BCUT2D eigenvalue weighted by Crippen LogP contribution is 2.19. The van der Waals surface area contributed by atoms with E-state index in [-0.39, 0.29) is 12.2 Å². The van der Waals surface area contributed by atoms with E-state index in [9.17, 15) is 0 Å². The summed E-state index contributed by atoms with van der Waals surface area (Å²) >= 11 is 0. The zero-order chi connectivity index (χ0) is 17.9. The minimum atomic E-state index is -0.141. The number of nitrogens with zero attached hydrogens (tertiary/aromatic N) is 4. The van der Waals surface area contributed by atoms with E-state index in [1.807, 2.05) is 0 Å². The molecule has 0 heterocycles. The predicted octanol–water partition coefficient (Wildman–Crippen LogP) is 3.75. The highest BCUT2D eigenvalue weighted by atomic mass is 16.5. The van der Waals surface area contributed by atoms with E-state index in [4.69, 9.17) is 30.5 Å². The molecule has 0 saturated carbocycles. The third-order valence-electron chi connectivity index (χ3n) is 3.56. The van der Waals surface area contributed by atoms with Gasteiger partial charge in [-0.2, -0.15) is 21.0 Å². The lowest BCUT2D eigenvalue weighted by atomic mass is 10.0. The molecule has 0 aromatic rings. The smallest absolute Gasteiger partial charge is 0.0837 e. The average molecular weight is 330 g/mol. The summed E-state index contributed by atoms with van der Waals surface area (Å²) in [5.74, 6) is 0. The first-order valence-electron chi connectivity index (χ1n) is 8.51. The van der Waals surface area contributed by atoms with Gasteiger partial charge in [0.1, 0.15) is 0 Å². The minimum Gasteiger partial charge on any atom is -0.374 e. The molecule has 0 N–H and O–H groups in total. The van der Waals surface area contributed by atoms with Crippen molar-refractivity contribution in [3.63, 3.8) is 0 Å². The zero-order valence-electron chi connectivity index (χ0n) is 14.2. The van der Waals surface area contributed by atoms with Crippen LogP contribution in [0.2, 0.25) is 0 Å². The Bertz CT molecular complexity index is 423. The SMILES string of the molecule is N#CCCCCC(OCCC#N)C(CCCCC#N)OCCC#N. The summed E-state index contributed by atoms with van der Waals surface area (Å²) in [6.07, 6.45) is 6.30. The molecule has 0 spiro atoms. The van der Waals surface area contributed by atoms with Crippen LogP contribution in [0.4, 0.5) is 0 Å². The summed E-state index contributed by atoms with van der Waals surface area (Å²) in [5.41, 5.74) is 0. The number of ether oxygens (including phenoxy) is 2. The molecule has 0 fully saturated rings. The van der Waals surface area contributed by atoms with Gasteiger partial charge in [0.25, 0.3) is 0 Å². The Balaban J connectivity index is 4.59. The lowest BCUT2D eigenvalue weighted by Crippen LogP contribution is -2.32. The highest BCUT2D eigenvalue weighted by Gasteiger charge is 2.22. The topological polar surface area (TPSA) is 114 Å². The molecule has 0 radical (unpaired) electrons. The summed E-state index contributed by atoms with van der Waals surface area (Å²) in [6.45, 7) is 0.714. The molecular formula is C18H26N4O2. The van der Waals surface area contributed by atoms with E-state index in [0.717, 1.165) is 38.5 Å². The second-order valence-electron chi connectivity index (χ2n) is 5.44. The molecule has 0 aliphatic rings. The first-order valence-corrected chi connectivity index (χ1v) is 8.51. The maximum absolute atomic E-state index is 8.67. The summed E-state index contributed by atoms with van der Waals surface area (Å²) in [7, 11) is 0. The van der Waals surface area contributed by atoms with E-state index in [2.05, 4.69) is 24.3 Å². The van der Waals surface area contributed by atoms with Crippen molar-refractivity contribution < 1.29 is 9.47 Å². The molecule has 2 unspecified atom stereocenters. The Morgan fingerprint density at radius 1 is 0.542 bits per heavy atom. The van der Waals surface area contributed by atoms with E-state index in [0.29, 0.717) is 38.9 Å². The monoisotopic (exact) mass is 330 g/mol. The van der Waals surface area contributed by atoms with E-state index < -0.39 is 0 Å². The van der Waals surface area contributed by atoms with Crippen molar-refractivity contribution in [2.75, 3.05) is 13.2 Å². The molecule has 6 heteroatoms. The van der Waals surface area contributed by atoms with Crippen LogP contribution >= 0.6 is 0 Å². The molecule has 0 aromatic carbocycles. The van der Waals surface area contributed by atoms with Crippen molar-refractivity contribution in [3.8, 4) is 24.3 Å². The molecule has 0 amide bonds. The van der Waals surface area contributed by atoms with Gasteiger partial charge < -0.3 is 9.47 Å². The predicted molar refractivity (Wildman–Crippen MR) is 88.1 cm³/mol. The van der Waals surface area contributed by atoms with Crippen LogP contribution in [0.3, 0.4) is 0 Å². The molecule has 0 rings (SSSR count). The van der Waals surface area contributed by atoms with Gasteiger partial charge in [-0.15, -0.1) is 0 Å². The summed E-state index contributed by atoms with van der Waals surface area (Å²) < 4.78 is 11.7. The van der Waals surface area contributed by atoms with Crippen molar-refractivity contribution >= 4 is 0 Å². The Labute approximate surface area is 145 Å². The number of hydrogen-bond acceptors (Lipinski definition) is 6. The van der Waals surface area contributed by atoms with Gasteiger partial charge in [0.15, 0.2) is 0 Å². The van der Waals surface area contributed by atoms with Gasteiger partial charge in [-0.1, -0.05) is 0 Å². The molecule has 130 valence electrons. The molecule has 0 aliphatic heterocycles. The van der Waals surface area contributed by atoms with E-state index >= 15 is 0 Å². The van der Waals surface area contributed by atoms with Crippen LogP contribution in [0.5, 0.6) is 0 Å². The largest absolute Gasteiger partial charge is 0.374 e. The highest BCUT2D eigenvalue weighted by molar-refractivity contribution is 4.78. The molecule has 0 saturated heterocycles. The van der Waals surface area contributed by atoms with Crippen molar-refractivity contribution in [1.82, 2.24) is 0 Å². The molecule has 0 aliphatic carbocycles. The van der Waals surface area contributed by atoms with Gasteiger partial charge in [-0.3, -0.25) is 0 Å². The number of rotatable bonds is 15. The van der Waals surface area contributed by atoms with Crippen LogP contribution in [0.25, 0.3) is 0 Å². The van der Waals surface area contributed by atoms with Gasteiger partial charge in [-0.05, 0) is 38.5 Å². The van der Waals surface area contributed by atoms with E-state index in [1.54, 1.807) is 0 Å². The van der Waals surface area contributed by atoms with Gasteiger partial charge in [0.2, 0.25) is 0 Å². The van der Waals surface area contributed by atoms with Gasteiger partial charge >= 0.3 is 0 Å². The Hall–Kier alpha value is -2.12.